The molecule has 6 amide bonds. The van der Waals surface area contributed by atoms with Crippen LogP contribution in [0.25, 0.3) is 0 Å². The van der Waals surface area contributed by atoms with Gasteiger partial charge in [-0.1, -0.05) is 0 Å². The van der Waals surface area contributed by atoms with Gasteiger partial charge in [0.2, 0.25) is 12.8 Å². The Kier molecular flexibility index (Phi) is 21.2. The third-order valence-corrected chi connectivity index (χ3v) is 0.380. The van der Waals surface area contributed by atoms with E-state index in [1.54, 1.807) is 10.6 Å². The number of urea groups is 2. The summed E-state index contributed by atoms with van der Waals surface area (Å²) in [6, 6.07) is -1.66. The molecule has 0 spiro atoms. The normalized spacial score (nSPS) is 6.13. The molecule has 0 aliphatic rings. The summed E-state index contributed by atoms with van der Waals surface area (Å²) in [6.07, 6.45) is 0.359. The first-order valence-corrected chi connectivity index (χ1v) is 3.03. The molecule has 0 aliphatic carbocycles. The summed E-state index contributed by atoms with van der Waals surface area (Å²) >= 11 is 0. The molecule has 0 aromatic heterocycles. The summed E-state index contributed by atoms with van der Waals surface area (Å²) < 4.78 is 0. The molecule has 0 heterocycles. The van der Waals surface area contributed by atoms with Gasteiger partial charge in [0.15, 0.2) is 0 Å². The summed E-state index contributed by atoms with van der Waals surface area (Å²) in [6.45, 7) is -0.250. The molecule has 0 aliphatic heterocycles. The predicted molar refractivity (Wildman–Crippen MR) is 46.3 cm³/mol. The monoisotopic (exact) mass is 222 g/mol. The zero-order chi connectivity index (χ0) is 12.7. The van der Waals surface area contributed by atoms with Crippen LogP contribution in [0, 0.1) is 0 Å². The van der Waals surface area contributed by atoms with E-state index in [-0.39, 0.29) is 19.3 Å². The minimum Gasteiger partial charge on any atom is -0.483 e. The quantitative estimate of drug-likeness (QED) is 0.317. The van der Waals surface area contributed by atoms with Gasteiger partial charge in [0.25, 0.3) is 6.47 Å². The smallest absolute Gasteiger partial charge is 0.327 e. The van der Waals surface area contributed by atoms with Crippen molar-refractivity contribution in [2.24, 2.45) is 11.5 Å². The van der Waals surface area contributed by atoms with Crippen molar-refractivity contribution in [2.45, 2.75) is 0 Å². The van der Waals surface area contributed by atoms with Crippen molar-refractivity contribution in [3.05, 3.63) is 0 Å². The third-order valence-electron chi connectivity index (χ3n) is 0.380. The van der Waals surface area contributed by atoms with Crippen LogP contribution in [-0.4, -0.2) is 36.5 Å². The fourth-order valence-corrected chi connectivity index (χ4v) is 0.149. The lowest BCUT2D eigenvalue weighted by Crippen LogP contribution is -2.33. The third kappa shape index (κ3) is 88.4. The average molecular weight is 222 g/mol. The molecule has 0 saturated heterocycles. The highest BCUT2D eigenvalue weighted by Gasteiger charge is 1.90. The standard InChI is InChI=1S/C3H4N2O3.CH4N2O.CH2O2/c6-1-4-3(8)5-2-7;2-1(3)4;2-1-3/h1-2H,(H2,4,5,6,7,8);(H4,2,3,4);1H,(H,2,3). The maximum Gasteiger partial charge on any atom is 0.327 e. The van der Waals surface area contributed by atoms with Gasteiger partial charge in [0, 0.05) is 0 Å². The molecule has 0 unspecified atom stereocenters. The minimum atomic E-state index is -0.833. The van der Waals surface area contributed by atoms with Crippen LogP contribution in [0.15, 0.2) is 0 Å². The number of hydrogen-bond acceptors (Lipinski definition) is 5. The zero-order valence-corrected chi connectivity index (χ0v) is 7.38. The molecule has 15 heavy (non-hydrogen) atoms. The van der Waals surface area contributed by atoms with Crippen LogP contribution in [0.5, 0.6) is 0 Å². The SMILES string of the molecule is NC(N)=O.O=CNC(=O)NC=O.O=CO. The number of primary amides is 2. The molecule has 10 heteroatoms. The van der Waals surface area contributed by atoms with E-state index in [0.717, 1.165) is 0 Å². The van der Waals surface area contributed by atoms with Crippen molar-refractivity contribution >= 4 is 31.4 Å². The van der Waals surface area contributed by atoms with Crippen LogP contribution in [0.4, 0.5) is 9.59 Å². The molecular weight excluding hydrogens is 212 g/mol. The first kappa shape index (κ1) is 18.2. The van der Waals surface area contributed by atoms with Crippen molar-refractivity contribution in [1.82, 2.24) is 10.6 Å². The second-order valence-corrected chi connectivity index (χ2v) is 1.36. The molecule has 0 fully saturated rings. The number of nitrogens with one attached hydrogen (secondary N) is 2. The van der Waals surface area contributed by atoms with E-state index in [0.29, 0.717) is 0 Å². The molecule has 0 atom stereocenters. The number of carbonyl (C=O) groups excluding carboxylic acids is 4. The topological polar surface area (TPSA) is 182 Å². The largest absolute Gasteiger partial charge is 0.483 e. The van der Waals surface area contributed by atoms with E-state index in [1.807, 2.05) is 0 Å². The summed E-state index contributed by atoms with van der Waals surface area (Å²) in [5.41, 5.74) is 8.50. The molecular formula is C5H10N4O6. The molecule has 86 valence electrons. The van der Waals surface area contributed by atoms with Crippen molar-refractivity contribution in [3.63, 3.8) is 0 Å². The van der Waals surface area contributed by atoms with E-state index in [1.165, 1.54) is 0 Å². The Morgan fingerprint density at radius 1 is 1.00 bits per heavy atom. The van der Waals surface area contributed by atoms with E-state index in [9.17, 15) is 14.4 Å². The number of hydrogen-bond donors (Lipinski definition) is 5. The van der Waals surface area contributed by atoms with Gasteiger partial charge < -0.3 is 16.6 Å². The molecule has 0 rings (SSSR count). The van der Waals surface area contributed by atoms with E-state index >= 15 is 0 Å². The molecule has 7 N–H and O–H groups in total. The van der Waals surface area contributed by atoms with Crippen molar-refractivity contribution in [3.8, 4) is 0 Å². The van der Waals surface area contributed by atoms with E-state index in [4.69, 9.17) is 14.7 Å². The van der Waals surface area contributed by atoms with Gasteiger partial charge in [-0.15, -0.1) is 0 Å². The van der Waals surface area contributed by atoms with Crippen LogP contribution < -0.4 is 22.1 Å². The number of carbonyl (C=O) groups is 5. The maximum absolute atomic E-state index is 9.96. The second-order valence-electron chi connectivity index (χ2n) is 1.36. The Hall–Kier alpha value is -2.65. The van der Waals surface area contributed by atoms with Crippen LogP contribution in [0.3, 0.4) is 0 Å². The van der Waals surface area contributed by atoms with Crippen LogP contribution in [0.1, 0.15) is 0 Å². The Balaban J connectivity index is -0.000000173. The molecule has 0 aromatic carbocycles. The summed E-state index contributed by atoms with van der Waals surface area (Å²) in [5, 5.41) is 10.3. The number of nitrogens with two attached hydrogens (primary N) is 2. The lowest BCUT2D eigenvalue weighted by Gasteiger charge is -1.89. The Morgan fingerprint density at radius 2 is 1.20 bits per heavy atom. The van der Waals surface area contributed by atoms with Crippen molar-refractivity contribution in [1.29, 1.82) is 0 Å². The van der Waals surface area contributed by atoms with Gasteiger partial charge in [0.1, 0.15) is 0 Å². The van der Waals surface area contributed by atoms with Gasteiger partial charge in [-0.3, -0.25) is 25.0 Å². The Bertz CT molecular complexity index is 202. The predicted octanol–water partition coefficient (Wildman–Crippen LogP) is -2.68. The first-order valence-electron chi connectivity index (χ1n) is 3.03. The molecule has 0 bridgehead atoms. The van der Waals surface area contributed by atoms with Gasteiger partial charge in [0.05, 0.1) is 0 Å². The van der Waals surface area contributed by atoms with Crippen molar-refractivity contribution in [2.75, 3.05) is 0 Å². The van der Waals surface area contributed by atoms with Gasteiger partial charge >= 0.3 is 12.1 Å². The highest BCUT2D eigenvalue weighted by molar-refractivity contribution is 5.90. The van der Waals surface area contributed by atoms with E-state index < -0.39 is 12.1 Å². The highest BCUT2D eigenvalue weighted by Crippen LogP contribution is 1.51. The molecule has 10 nitrogen and oxygen atoms in total. The first-order chi connectivity index (χ1) is 6.95. The molecule has 0 radical (unpaired) electrons. The summed E-state index contributed by atoms with van der Waals surface area (Å²) in [5.74, 6) is 0. The summed E-state index contributed by atoms with van der Waals surface area (Å²) in [7, 11) is 0. The number of imide groups is 2. The van der Waals surface area contributed by atoms with Gasteiger partial charge in [-0.05, 0) is 0 Å². The fourth-order valence-electron chi connectivity index (χ4n) is 0.149. The zero-order valence-electron chi connectivity index (χ0n) is 7.38. The molecule has 0 saturated carbocycles. The lowest BCUT2D eigenvalue weighted by atomic mass is 10.9. The fraction of sp³-hybridized carbons (Fsp3) is 0. The number of rotatable bonds is 2. The highest BCUT2D eigenvalue weighted by atomic mass is 16.3. The molecule has 0 aromatic rings. The summed E-state index contributed by atoms with van der Waals surface area (Å²) in [4.78, 5) is 46.1. The second kappa shape index (κ2) is 17.4. The average Bonchev–Trinajstić information content (AvgIpc) is 2.05. The van der Waals surface area contributed by atoms with E-state index in [2.05, 4.69) is 11.5 Å². The van der Waals surface area contributed by atoms with Crippen molar-refractivity contribution < 1.29 is 29.1 Å². The van der Waals surface area contributed by atoms with Gasteiger partial charge in [-0.2, -0.15) is 0 Å². The lowest BCUT2D eigenvalue weighted by molar-refractivity contribution is -0.123. The Morgan fingerprint density at radius 3 is 1.33 bits per heavy atom. The van der Waals surface area contributed by atoms with Crippen LogP contribution >= 0.6 is 0 Å². The number of carboxylic acid groups (broad SMARTS) is 1. The van der Waals surface area contributed by atoms with Crippen LogP contribution in [0.2, 0.25) is 0 Å². The number of amides is 6. The van der Waals surface area contributed by atoms with Crippen LogP contribution in [-0.2, 0) is 14.4 Å². The maximum atomic E-state index is 9.96. The Labute approximate surface area is 83.6 Å². The van der Waals surface area contributed by atoms with Gasteiger partial charge in [-0.25, -0.2) is 9.59 Å². The minimum absolute atomic E-state index is 0.179.